The normalized spacial score (nSPS) is 14.7. The summed E-state index contributed by atoms with van der Waals surface area (Å²) >= 11 is 3.32. The van der Waals surface area contributed by atoms with Crippen molar-refractivity contribution >= 4 is 33.4 Å². The van der Waals surface area contributed by atoms with Crippen LogP contribution < -0.4 is 15.0 Å². The van der Waals surface area contributed by atoms with Gasteiger partial charge in [0.05, 0.1) is 12.3 Å². The lowest BCUT2D eigenvalue weighted by Gasteiger charge is -2.29. The number of hydrogen-bond acceptors (Lipinski definition) is 4. The van der Waals surface area contributed by atoms with E-state index >= 15 is 0 Å². The lowest BCUT2D eigenvalue weighted by Crippen LogP contribution is -2.47. The Kier molecular flexibility index (Phi) is 4.83. The Morgan fingerprint density at radius 3 is 3.05 bits per heavy atom. The molecule has 0 spiro atoms. The summed E-state index contributed by atoms with van der Waals surface area (Å²) in [5, 5.41) is 11.4. The molecule has 0 saturated heterocycles. The predicted molar refractivity (Wildman–Crippen MR) is 79.8 cm³/mol. The average molecular weight is 353 g/mol. The van der Waals surface area contributed by atoms with Crippen LogP contribution in [-0.4, -0.2) is 42.7 Å². The summed E-state index contributed by atoms with van der Waals surface area (Å²) in [6.45, 7) is -0.673. The highest BCUT2D eigenvalue weighted by Crippen LogP contribution is 2.34. The second kappa shape index (κ2) is 6.61. The van der Waals surface area contributed by atoms with Crippen LogP contribution >= 0.6 is 15.9 Å². The molecule has 21 heavy (non-hydrogen) atoms. The number of fused-ring (bicyclic) bond motifs is 1. The fraction of sp³-hybridized carbons (Fsp3) is 0.286. The number of anilines is 1. The highest BCUT2D eigenvalue weighted by atomic mass is 79.9. The number of carbonyl (C=O) groups is 2. The standard InChI is InChI=1S/C14H13BrN2O4/c1-2-10(7-18)16-13(19)6-17-11-4-3-9(15)5-12(11)21-8-14(17)20/h1,3-5,10,18H,6-8H2,(H,16,19). The molecule has 2 rings (SSSR count). The maximum Gasteiger partial charge on any atom is 0.265 e. The summed E-state index contributed by atoms with van der Waals surface area (Å²) in [5.41, 5.74) is 0.519. The molecule has 1 unspecified atom stereocenters. The van der Waals surface area contributed by atoms with Gasteiger partial charge in [-0.3, -0.25) is 14.5 Å². The molecule has 1 atom stereocenters. The van der Waals surface area contributed by atoms with Gasteiger partial charge in [-0.15, -0.1) is 6.42 Å². The summed E-state index contributed by atoms with van der Waals surface area (Å²) in [6, 6.07) is 4.40. The first kappa shape index (κ1) is 15.4. The summed E-state index contributed by atoms with van der Waals surface area (Å²) < 4.78 is 6.14. The van der Waals surface area contributed by atoms with E-state index < -0.39 is 11.9 Å². The van der Waals surface area contributed by atoms with Crippen LogP contribution in [0.2, 0.25) is 0 Å². The summed E-state index contributed by atoms with van der Waals surface area (Å²) in [7, 11) is 0. The minimum Gasteiger partial charge on any atom is -0.482 e. The monoisotopic (exact) mass is 352 g/mol. The van der Waals surface area contributed by atoms with Crippen LogP contribution in [-0.2, 0) is 9.59 Å². The van der Waals surface area contributed by atoms with E-state index in [1.807, 2.05) is 0 Å². The van der Waals surface area contributed by atoms with Crippen LogP contribution in [0.3, 0.4) is 0 Å². The van der Waals surface area contributed by atoms with Crippen LogP contribution in [0.5, 0.6) is 5.75 Å². The average Bonchev–Trinajstić information content (AvgIpc) is 2.47. The van der Waals surface area contributed by atoms with Gasteiger partial charge >= 0.3 is 0 Å². The molecule has 0 fully saturated rings. The van der Waals surface area contributed by atoms with Crippen molar-refractivity contribution < 1.29 is 19.4 Å². The highest BCUT2D eigenvalue weighted by molar-refractivity contribution is 9.10. The molecule has 1 aliphatic heterocycles. The second-order valence-corrected chi connectivity index (χ2v) is 5.27. The van der Waals surface area contributed by atoms with Crippen molar-refractivity contribution in [2.75, 3.05) is 24.7 Å². The molecular weight excluding hydrogens is 340 g/mol. The fourth-order valence-electron chi connectivity index (χ4n) is 1.88. The van der Waals surface area contributed by atoms with E-state index in [2.05, 4.69) is 27.2 Å². The number of carbonyl (C=O) groups excluding carboxylic acids is 2. The highest BCUT2D eigenvalue weighted by Gasteiger charge is 2.27. The van der Waals surface area contributed by atoms with Crippen LogP contribution in [0, 0.1) is 12.3 Å². The van der Waals surface area contributed by atoms with E-state index in [-0.39, 0.29) is 25.7 Å². The van der Waals surface area contributed by atoms with Gasteiger partial charge in [0.25, 0.3) is 5.91 Å². The summed E-state index contributed by atoms with van der Waals surface area (Å²) in [4.78, 5) is 25.1. The molecule has 2 N–H and O–H groups in total. The molecule has 1 heterocycles. The van der Waals surface area contributed by atoms with Gasteiger partial charge in [-0.1, -0.05) is 21.9 Å². The molecule has 110 valence electrons. The van der Waals surface area contributed by atoms with Crippen LogP contribution in [0.4, 0.5) is 5.69 Å². The topological polar surface area (TPSA) is 78.9 Å². The first-order chi connectivity index (χ1) is 10.0. The van der Waals surface area contributed by atoms with Crippen LogP contribution in [0.25, 0.3) is 0 Å². The van der Waals surface area contributed by atoms with Crippen LogP contribution in [0.15, 0.2) is 22.7 Å². The number of ether oxygens (including phenoxy) is 1. The van der Waals surface area contributed by atoms with Crippen molar-refractivity contribution in [2.24, 2.45) is 0 Å². The minimum atomic E-state index is -0.766. The number of aliphatic hydroxyl groups excluding tert-OH is 1. The zero-order chi connectivity index (χ0) is 15.4. The number of rotatable bonds is 4. The molecular formula is C14H13BrN2O4. The molecule has 1 aliphatic rings. The van der Waals surface area contributed by atoms with Gasteiger partial charge in [0.15, 0.2) is 6.61 Å². The zero-order valence-electron chi connectivity index (χ0n) is 11.0. The number of terminal acetylenes is 1. The predicted octanol–water partition coefficient (Wildman–Crippen LogP) is 0.285. The largest absolute Gasteiger partial charge is 0.482 e. The van der Waals surface area contributed by atoms with Gasteiger partial charge in [0.2, 0.25) is 5.91 Å². The molecule has 7 heteroatoms. The third-order valence-corrected chi connectivity index (χ3v) is 3.38. The van der Waals surface area contributed by atoms with E-state index in [1.54, 1.807) is 18.2 Å². The van der Waals surface area contributed by atoms with Gasteiger partial charge in [-0.05, 0) is 18.2 Å². The summed E-state index contributed by atoms with van der Waals surface area (Å²) in [6.07, 6.45) is 5.15. The molecule has 0 radical (unpaired) electrons. The molecule has 0 aromatic heterocycles. The number of halogens is 1. The third kappa shape index (κ3) is 3.54. The number of aliphatic hydroxyl groups is 1. The molecule has 0 saturated carbocycles. The van der Waals surface area contributed by atoms with Gasteiger partial charge in [0, 0.05) is 4.47 Å². The maximum atomic E-state index is 11.9. The Balaban J connectivity index is 2.15. The van der Waals surface area contributed by atoms with E-state index in [9.17, 15) is 9.59 Å². The van der Waals surface area contributed by atoms with Crippen LogP contribution in [0.1, 0.15) is 0 Å². The maximum absolute atomic E-state index is 11.9. The Morgan fingerprint density at radius 1 is 1.62 bits per heavy atom. The lowest BCUT2D eigenvalue weighted by molar-refractivity contribution is -0.125. The van der Waals surface area contributed by atoms with Crippen molar-refractivity contribution in [1.82, 2.24) is 5.32 Å². The number of hydrogen-bond donors (Lipinski definition) is 2. The van der Waals surface area contributed by atoms with E-state index in [4.69, 9.17) is 16.3 Å². The molecule has 0 aliphatic carbocycles. The Bertz CT molecular complexity index is 611. The van der Waals surface area contributed by atoms with Gasteiger partial charge in [-0.25, -0.2) is 0 Å². The number of nitrogens with one attached hydrogen (secondary N) is 1. The summed E-state index contributed by atoms with van der Waals surface area (Å²) in [5.74, 6) is 2.00. The molecule has 1 aromatic carbocycles. The van der Waals surface area contributed by atoms with E-state index in [0.717, 1.165) is 4.47 Å². The smallest absolute Gasteiger partial charge is 0.265 e. The molecule has 1 aromatic rings. The lowest BCUT2D eigenvalue weighted by atomic mass is 10.2. The zero-order valence-corrected chi connectivity index (χ0v) is 12.6. The van der Waals surface area contributed by atoms with Gasteiger partial charge < -0.3 is 15.2 Å². The molecule has 2 amide bonds. The Hall–Kier alpha value is -2.04. The van der Waals surface area contributed by atoms with Crippen molar-refractivity contribution in [2.45, 2.75) is 6.04 Å². The quantitative estimate of drug-likeness (QED) is 0.763. The SMILES string of the molecule is C#CC(CO)NC(=O)CN1C(=O)COc2cc(Br)ccc21. The molecule has 6 nitrogen and oxygen atoms in total. The molecule has 0 bridgehead atoms. The van der Waals surface area contributed by atoms with Crippen molar-refractivity contribution in [3.05, 3.63) is 22.7 Å². The van der Waals surface area contributed by atoms with Crippen molar-refractivity contribution in [3.8, 4) is 18.1 Å². The first-order valence-electron chi connectivity index (χ1n) is 6.14. The van der Waals surface area contributed by atoms with Crippen molar-refractivity contribution in [3.63, 3.8) is 0 Å². The Labute approximate surface area is 130 Å². The Morgan fingerprint density at radius 2 is 2.38 bits per heavy atom. The first-order valence-corrected chi connectivity index (χ1v) is 6.93. The van der Waals surface area contributed by atoms with E-state index in [1.165, 1.54) is 4.90 Å². The second-order valence-electron chi connectivity index (χ2n) is 4.35. The number of benzene rings is 1. The van der Waals surface area contributed by atoms with Crippen molar-refractivity contribution in [1.29, 1.82) is 0 Å². The van der Waals surface area contributed by atoms with E-state index in [0.29, 0.717) is 11.4 Å². The number of amides is 2. The minimum absolute atomic E-state index is 0.130. The van der Waals surface area contributed by atoms with Gasteiger partial charge in [-0.2, -0.15) is 0 Å². The number of nitrogens with zero attached hydrogens (tertiary/aromatic N) is 1. The van der Waals surface area contributed by atoms with Gasteiger partial charge in [0.1, 0.15) is 18.3 Å². The third-order valence-electron chi connectivity index (χ3n) is 2.89. The fourth-order valence-corrected chi connectivity index (χ4v) is 2.22.